The van der Waals surface area contributed by atoms with Crippen LogP contribution in [0.25, 0.3) is 0 Å². The summed E-state index contributed by atoms with van der Waals surface area (Å²) in [4.78, 5) is 16.6. The molecule has 1 aliphatic heterocycles. The Hall–Kier alpha value is -2.38. The molecular formula is C19H24BN3O3. The fourth-order valence-electron chi connectivity index (χ4n) is 2.55. The van der Waals surface area contributed by atoms with Gasteiger partial charge in [0.05, 0.1) is 16.8 Å². The summed E-state index contributed by atoms with van der Waals surface area (Å²) in [5, 5.41) is 5.56. The SMILES string of the molecule is CC1(C)OB(c2cccc(NC(=O)NCc3ccccc3)n2)OC1(C)C. The molecule has 0 radical (unpaired) electrons. The Balaban J connectivity index is 1.62. The minimum absolute atomic E-state index is 0.313. The molecule has 1 fully saturated rings. The van der Waals surface area contributed by atoms with Gasteiger partial charge in [0, 0.05) is 6.54 Å². The fourth-order valence-corrected chi connectivity index (χ4v) is 2.55. The van der Waals surface area contributed by atoms with E-state index in [2.05, 4.69) is 15.6 Å². The Morgan fingerprint density at radius 2 is 1.65 bits per heavy atom. The van der Waals surface area contributed by atoms with E-state index in [0.29, 0.717) is 18.0 Å². The highest BCUT2D eigenvalue weighted by Gasteiger charge is 2.52. The molecule has 2 aromatic rings. The number of aromatic nitrogens is 1. The van der Waals surface area contributed by atoms with Crippen molar-refractivity contribution in [2.45, 2.75) is 45.4 Å². The molecule has 6 nitrogen and oxygen atoms in total. The summed E-state index contributed by atoms with van der Waals surface area (Å²) >= 11 is 0. The molecule has 0 spiro atoms. The van der Waals surface area contributed by atoms with Gasteiger partial charge in [0.25, 0.3) is 0 Å². The van der Waals surface area contributed by atoms with E-state index in [0.717, 1.165) is 5.56 Å². The second kappa shape index (κ2) is 7.09. The Morgan fingerprint density at radius 1 is 1.00 bits per heavy atom. The van der Waals surface area contributed by atoms with Crippen LogP contribution in [0.2, 0.25) is 0 Å². The molecule has 1 aliphatic rings. The summed E-state index contributed by atoms with van der Waals surface area (Å²) in [5.41, 5.74) is 0.789. The van der Waals surface area contributed by atoms with Crippen molar-refractivity contribution in [3.8, 4) is 0 Å². The van der Waals surface area contributed by atoms with Crippen molar-refractivity contribution in [1.29, 1.82) is 0 Å². The Morgan fingerprint density at radius 3 is 2.31 bits per heavy atom. The van der Waals surface area contributed by atoms with E-state index in [1.165, 1.54) is 0 Å². The number of urea groups is 1. The van der Waals surface area contributed by atoms with Crippen molar-refractivity contribution >= 4 is 24.6 Å². The number of hydrogen-bond donors (Lipinski definition) is 2. The van der Waals surface area contributed by atoms with Gasteiger partial charge in [-0.2, -0.15) is 0 Å². The highest BCUT2D eigenvalue weighted by atomic mass is 16.7. The molecule has 7 heteroatoms. The average Bonchev–Trinajstić information content (AvgIpc) is 2.82. The molecule has 1 saturated heterocycles. The zero-order valence-corrected chi connectivity index (χ0v) is 15.6. The molecule has 0 unspecified atom stereocenters. The van der Waals surface area contributed by atoms with Gasteiger partial charge in [-0.1, -0.05) is 36.4 Å². The molecule has 26 heavy (non-hydrogen) atoms. The van der Waals surface area contributed by atoms with Crippen LogP contribution in [0.3, 0.4) is 0 Å². The van der Waals surface area contributed by atoms with E-state index in [9.17, 15) is 4.79 Å². The molecule has 0 atom stereocenters. The highest BCUT2D eigenvalue weighted by molar-refractivity contribution is 6.61. The van der Waals surface area contributed by atoms with Gasteiger partial charge >= 0.3 is 13.1 Å². The van der Waals surface area contributed by atoms with Gasteiger partial charge in [0.15, 0.2) is 0 Å². The number of carbonyl (C=O) groups excluding carboxylic acids is 1. The van der Waals surface area contributed by atoms with Crippen LogP contribution in [0, 0.1) is 0 Å². The number of nitrogens with zero attached hydrogens (tertiary/aromatic N) is 1. The van der Waals surface area contributed by atoms with Gasteiger partial charge in [-0.3, -0.25) is 5.32 Å². The quantitative estimate of drug-likeness (QED) is 0.829. The van der Waals surface area contributed by atoms with Crippen LogP contribution in [0.5, 0.6) is 0 Å². The molecule has 3 rings (SSSR count). The molecular weight excluding hydrogens is 329 g/mol. The Kier molecular flexibility index (Phi) is 5.02. The normalized spacial score (nSPS) is 17.8. The van der Waals surface area contributed by atoms with E-state index in [1.807, 2.05) is 70.2 Å². The molecule has 0 aliphatic carbocycles. The van der Waals surface area contributed by atoms with Crippen LogP contribution in [0.15, 0.2) is 48.5 Å². The monoisotopic (exact) mass is 353 g/mol. The highest BCUT2D eigenvalue weighted by Crippen LogP contribution is 2.36. The zero-order chi connectivity index (χ0) is 18.8. The van der Waals surface area contributed by atoms with Crippen molar-refractivity contribution in [3.63, 3.8) is 0 Å². The average molecular weight is 353 g/mol. The number of hydrogen-bond acceptors (Lipinski definition) is 4. The first-order valence-corrected chi connectivity index (χ1v) is 8.68. The second-order valence-electron chi connectivity index (χ2n) is 7.33. The van der Waals surface area contributed by atoms with Crippen LogP contribution >= 0.6 is 0 Å². The van der Waals surface area contributed by atoms with Gasteiger partial charge in [-0.15, -0.1) is 0 Å². The summed E-state index contributed by atoms with van der Waals surface area (Å²) in [5.74, 6) is 0.447. The maximum atomic E-state index is 12.1. The second-order valence-corrected chi connectivity index (χ2v) is 7.33. The van der Waals surface area contributed by atoms with Crippen molar-refractivity contribution in [1.82, 2.24) is 10.3 Å². The molecule has 0 bridgehead atoms. The summed E-state index contributed by atoms with van der Waals surface area (Å²) in [6.45, 7) is 8.42. The van der Waals surface area contributed by atoms with E-state index in [1.54, 1.807) is 6.07 Å². The van der Waals surface area contributed by atoms with E-state index < -0.39 is 18.3 Å². The Labute approximate surface area is 154 Å². The molecule has 0 saturated carbocycles. The third-order valence-corrected chi connectivity index (χ3v) is 4.80. The predicted octanol–water partition coefficient (Wildman–Crippen LogP) is 2.70. The van der Waals surface area contributed by atoms with Crippen molar-refractivity contribution < 1.29 is 14.1 Å². The maximum absolute atomic E-state index is 12.1. The maximum Gasteiger partial charge on any atom is 0.514 e. The predicted molar refractivity (Wildman–Crippen MR) is 102 cm³/mol. The molecule has 1 aromatic heterocycles. The van der Waals surface area contributed by atoms with Crippen LogP contribution in [-0.2, 0) is 15.9 Å². The lowest BCUT2D eigenvalue weighted by atomic mass is 9.84. The van der Waals surface area contributed by atoms with Gasteiger partial charge in [-0.05, 0) is 45.4 Å². The van der Waals surface area contributed by atoms with E-state index in [4.69, 9.17) is 9.31 Å². The first kappa shape index (κ1) is 18.4. The lowest BCUT2D eigenvalue weighted by molar-refractivity contribution is 0.00578. The molecule has 2 N–H and O–H groups in total. The van der Waals surface area contributed by atoms with E-state index in [-0.39, 0.29) is 6.03 Å². The first-order chi connectivity index (χ1) is 12.3. The van der Waals surface area contributed by atoms with Crippen LogP contribution in [-0.4, -0.2) is 29.3 Å². The molecule has 1 aromatic carbocycles. The van der Waals surface area contributed by atoms with Gasteiger partial charge in [0.2, 0.25) is 0 Å². The van der Waals surface area contributed by atoms with Gasteiger partial charge in [-0.25, -0.2) is 9.78 Å². The molecule has 2 amide bonds. The largest absolute Gasteiger partial charge is 0.514 e. The minimum atomic E-state index is -0.561. The number of rotatable bonds is 4. The van der Waals surface area contributed by atoms with Crippen molar-refractivity contribution in [3.05, 3.63) is 54.1 Å². The smallest absolute Gasteiger partial charge is 0.398 e. The van der Waals surface area contributed by atoms with Crippen LogP contribution in [0.1, 0.15) is 33.3 Å². The summed E-state index contributed by atoms with van der Waals surface area (Å²) < 4.78 is 12.0. The van der Waals surface area contributed by atoms with Gasteiger partial charge in [0.1, 0.15) is 5.82 Å². The van der Waals surface area contributed by atoms with E-state index >= 15 is 0 Å². The molecule has 2 heterocycles. The summed E-state index contributed by atoms with van der Waals surface area (Å²) in [7, 11) is -0.561. The van der Waals surface area contributed by atoms with Crippen LogP contribution in [0.4, 0.5) is 10.6 Å². The molecule has 136 valence electrons. The minimum Gasteiger partial charge on any atom is -0.398 e. The number of anilines is 1. The number of carbonyl (C=O) groups is 1. The topological polar surface area (TPSA) is 72.5 Å². The lowest BCUT2D eigenvalue weighted by Crippen LogP contribution is -2.41. The zero-order valence-electron chi connectivity index (χ0n) is 15.6. The third-order valence-electron chi connectivity index (χ3n) is 4.80. The third kappa shape index (κ3) is 4.06. The standard InChI is InChI=1S/C19H24BN3O3/c1-18(2)19(3,4)26-20(25-18)15-11-8-12-16(22-15)23-17(24)21-13-14-9-6-5-7-10-14/h5-12H,13H2,1-4H3,(H2,21,22,23,24). The van der Waals surface area contributed by atoms with Gasteiger partial charge < -0.3 is 14.6 Å². The number of nitrogens with one attached hydrogen (secondary N) is 2. The number of benzene rings is 1. The fraction of sp³-hybridized carbons (Fsp3) is 0.368. The lowest BCUT2D eigenvalue weighted by Gasteiger charge is -2.32. The number of pyridine rings is 1. The van der Waals surface area contributed by atoms with Crippen molar-refractivity contribution in [2.75, 3.05) is 5.32 Å². The number of amides is 2. The summed E-state index contributed by atoms with van der Waals surface area (Å²) in [6, 6.07) is 14.8. The van der Waals surface area contributed by atoms with Crippen LogP contribution < -0.4 is 16.2 Å². The Bertz CT molecular complexity index is 765. The summed E-state index contributed by atoms with van der Waals surface area (Å²) in [6.07, 6.45) is 0. The first-order valence-electron chi connectivity index (χ1n) is 8.68. The van der Waals surface area contributed by atoms with Crippen molar-refractivity contribution in [2.24, 2.45) is 0 Å².